The molecule has 1 aliphatic heterocycles. The maximum absolute atomic E-state index is 15.8. The highest BCUT2D eigenvalue weighted by molar-refractivity contribution is 7.92. The summed E-state index contributed by atoms with van der Waals surface area (Å²) in [6.07, 6.45) is 1.98. The van der Waals surface area contributed by atoms with E-state index in [1.54, 1.807) is 49.5 Å². The molecule has 1 fully saturated rings. The van der Waals surface area contributed by atoms with Crippen molar-refractivity contribution in [3.8, 4) is 28.3 Å². The largest absolute Gasteiger partial charge is 0.489 e. The molecule has 2 aromatic heterocycles. The molecule has 13 heteroatoms. The van der Waals surface area contributed by atoms with Crippen molar-refractivity contribution in [2.24, 2.45) is 0 Å². The number of hydrogen-bond acceptors (Lipinski definition) is 10. The van der Waals surface area contributed by atoms with Gasteiger partial charge >= 0.3 is 0 Å². The van der Waals surface area contributed by atoms with Crippen molar-refractivity contribution in [1.82, 2.24) is 15.0 Å². The Kier molecular flexibility index (Phi) is 8.47. The van der Waals surface area contributed by atoms with Gasteiger partial charge in [0, 0.05) is 35.8 Å². The number of rotatable bonds is 10. The predicted molar refractivity (Wildman–Crippen MR) is 156 cm³/mol. The Morgan fingerprint density at radius 2 is 1.95 bits per heavy atom. The Hall–Kier alpha value is -4.07. The van der Waals surface area contributed by atoms with E-state index in [4.69, 9.17) is 25.2 Å². The number of morpholine rings is 1. The maximum Gasteiger partial charge on any atom is 0.232 e. The number of anilines is 3. The number of ether oxygens (including phenoxy) is 2. The lowest BCUT2D eigenvalue weighted by Gasteiger charge is -2.29. The minimum Gasteiger partial charge on any atom is -0.489 e. The van der Waals surface area contributed by atoms with E-state index in [0.717, 1.165) is 0 Å². The van der Waals surface area contributed by atoms with E-state index < -0.39 is 15.8 Å². The van der Waals surface area contributed by atoms with Gasteiger partial charge in [-0.25, -0.2) is 27.8 Å². The van der Waals surface area contributed by atoms with E-state index in [1.165, 1.54) is 6.07 Å². The molecule has 11 nitrogen and oxygen atoms in total. The molecule has 0 bridgehead atoms. The quantitative estimate of drug-likeness (QED) is 0.253. The van der Waals surface area contributed by atoms with Crippen LogP contribution < -0.4 is 20.1 Å². The number of aliphatic hydroxyl groups excluding tert-OH is 1. The van der Waals surface area contributed by atoms with Gasteiger partial charge in [0.15, 0.2) is 11.6 Å². The van der Waals surface area contributed by atoms with Gasteiger partial charge in [-0.2, -0.15) is 0 Å². The lowest BCUT2D eigenvalue weighted by molar-refractivity contribution is 0.122. The van der Waals surface area contributed by atoms with Crippen LogP contribution in [0.3, 0.4) is 0 Å². The van der Waals surface area contributed by atoms with Crippen LogP contribution in [-0.2, 0) is 14.8 Å². The van der Waals surface area contributed by atoms with Crippen LogP contribution in [0, 0.1) is 5.82 Å². The number of nitrogen functional groups attached to an aromatic ring is 1. The van der Waals surface area contributed by atoms with Crippen molar-refractivity contribution >= 4 is 38.2 Å². The summed E-state index contributed by atoms with van der Waals surface area (Å²) in [6, 6.07) is 11.3. The van der Waals surface area contributed by atoms with E-state index >= 15 is 4.39 Å². The number of pyridine rings is 1. The normalized spacial score (nSPS) is 13.9. The summed E-state index contributed by atoms with van der Waals surface area (Å²) in [5.41, 5.74) is 7.33. The predicted octanol–water partition coefficient (Wildman–Crippen LogP) is 3.44. The lowest BCUT2D eigenvalue weighted by Crippen LogP contribution is -2.37. The van der Waals surface area contributed by atoms with E-state index in [1.807, 2.05) is 0 Å². The van der Waals surface area contributed by atoms with Gasteiger partial charge in [0.1, 0.15) is 29.5 Å². The highest BCUT2D eigenvalue weighted by atomic mass is 32.2. The summed E-state index contributed by atoms with van der Waals surface area (Å²) in [5, 5.41) is 10.1. The second-order valence-corrected chi connectivity index (χ2v) is 11.3. The van der Waals surface area contributed by atoms with Crippen molar-refractivity contribution in [1.29, 1.82) is 0 Å². The second-order valence-electron chi connectivity index (χ2n) is 9.47. The fourth-order valence-corrected chi connectivity index (χ4v) is 5.74. The monoisotopic (exact) mass is 582 g/mol. The molecule has 0 amide bonds. The first-order chi connectivity index (χ1) is 19.8. The molecule has 4 N–H and O–H groups in total. The summed E-state index contributed by atoms with van der Waals surface area (Å²) in [7, 11) is -3.71. The van der Waals surface area contributed by atoms with Gasteiger partial charge in [0.05, 0.1) is 31.3 Å². The molecule has 41 heavy (non-hydrogen) atoms. The first-order valence-electron chi connectivity index (χ1n) is 13.2. The van der Waals surface area contributed by atoms with Gasteiger partial charge in [-0.1, -0.05) is 19.1 Å². The van der Waals surface area contributed by atoms with Gasteiger partial charge < -0.3 is 25.2 Å². The molecule has 1 aliphatic rings. The first kappa shape index (κ1) is 28.5. The molecule has 216 valence electrons. The van der Waals surface area contributed by atoms with Crippen molar-refractivity contribution < 1.29 is 27.4 Å². The van der Waals surface area contributed by atoms with E-state index in [-0.39, 0.29) is 30.2 Å². The Morgan fingerprint density at radius 3 is 2.66 bits per heavy atom. The molecule has 0 saturated carbocycles. The summed E-state index contributed by atoms with van der Waals surface area (Å²) >= 11 is 0. The van der Waals surface area contributed by atoms with Crippen LogP contribution in [0.1, 0.15) is 13.3 Å². The number of hydrogen-bond donors (Lipinski definition) is 3. The van der Waals surface area contributed by atoms with Crippen LogP contribution in [0.2, 0.25) is 0 Å². The number of nitrogens with two attached hydrogens (primary N) is 1. The molecular weight excluding hydrogens is 551 g/mol. The smallest absolute Gasteiger partial charge is 0.232 e. The minimum absolute atomic E-state index is 0.0203. The number of nitrogens with one attached hydrogen (secondary N) is 1. The van der Waals surface area contributed by atoms with Crippen molar-refractivity contribution in [2.45, 2.75) is 13.3 Å². The summed E-state index contributed by atoms with van der Waals surface area (Å²) in [5.74, 6) is 0.814. The van der Waals surface area contributed by atoms with Gasteiger partial charge in [0.25, 0.3) is 0 Å². The fraction of sp³-hybridized carbons (Fsp3) is 0.321. The zero-order chi connectivity index (χ0) is 29.0. The molecule has 0 spiro atoms. The van der Waals surface area contributed by atoms with Crippen molar-refractivity contribution in [2.75, 3.05) is 60.6 Å². The third-order valence-corrected chi connectivity index (χ3v) is 7.97. The highest BCUT2D eigenvalue weighted by Crippen LogP contribution is 2.39. The van der Waals surface area contributed by atoms with Gasteiger partial charge in [-0.05, 0) is 42.3 Å². The van der Waals surface area contributed by atoms with Gasteiger partial charge in [-0.15, -0.1) is 0 Å². The second kappa shape index (κ2) is 12.2. The average Bonchev–Trinajstić information content (AvgIpc) is 2.97. The van der Waals surface area contributed by atoms with Crippen molar-refractivity contribution in [3.05, 3.63) is 54.5 Å². The first-order valence-corrected chi connectivity index (χ1v) is 14.9. The van der Waals surface area contributed by atoms with Crippen LogP contribution in [0.5, 0.6) is 5.75 Å². The summed E-state index contributed by atoms with van der Waals surface area (Å²) in [6.45, 7) is 3.63. The number of aromatic nitrogens is 3. The number of sulfonamides is 1. The fourth-order valence-electron chi connectivity index (χ4n) is 4.61. The van der Waals surface area contributed by atoms with Gasteiger partial charge in [-0.3, -0.25) is 4.72 Å². The van der Waals surface area contributed by atoms with Crippen LogP contribution >= 0.6 is 0 Å². The molecule has 2 aromatic carbocycles. The zero-order valence-corrected chi connectivity index (χ0v) is 23.3. The minimum atomic E-state index is -3.71. The molecule has 0 atom stereocenters. The topological polar surface area (TPSA) is 153 Å². The zero-order valence-electron chi connectivity index (χ0n) is 22.5. The molecule has 3 heterocycles. The van der Waals surface area contributed by atoms with Crippen LogP contribution in [-0.4, -0.2) is 73.7 Å². The Labute approximate surface area is 237 Å². The molecule has 1 saturated heterocycles. The molecule has 0 radical (unpaired) electrons. The van der Waals surface area contributed by atoms with E-state index in [0.29, 0.717) is 78.0 Å². The van der Waals surface area contributed by atoms with E-state index in [9.17, 15) is 13.5 Å². The number of fused-ring (bicyclic) bond motifs is 1. The molecule has 0 aliphatic carbocycles. The van der Waals surface area contributed by atoms with Crippen molar-refractivity contribution in [3.63, 3.8) is 0 Å². The molecule has 0 unspecified atom stereocenters. The summed E-state index contributed by atoms with van der Waals surface area (Å²) in [4.78, 5) is 15.9. The number of halogens is 1. The molecular formula is C28H31FN6O5S. The Balaban J connectivity index is 1.71. The molecule has 4 aromatic rings. The van der Waals surface area contributed by atoms with Crippen LogP contribution in [0.25, 0.3) is 33.4 Å². The maximum atomic E-state index is 15.8. The average molecular weight is 583 g/mol. The van der Waals surface area contributed by atoms with Crippen LogP contribution in [0.4, 0.5) is 21.7 Å². The Bertz CT molecular complexity index is 1650. The third-order valence-electron chi connectivity index (χ3n) is 6.50. The van der Waals surface area contributed by atoms with E-state index in [2.05, 4.69) is 14.6 Å². The SMILES string of the molecule is CCCS(=O)(=O)Nc1cccc(-c2cc(OCCO)c3nc(-c4ccc(N)nc4)nc(N4CCOCC4)c3c2)c1F. The highest BCUT2D eigenvalue weighted by Gasteiger charge is 2.23. The number of benzene rings is 2. The third kappa shape index (κ3) is 6.32. The number of aliphatic hydroxyl groups is 1. The van der Waals surface area contributed by atoms with Gasteiger partial charge in [0.2, 0.25) is 10.0 Å². The van der Waals surface area contributed by atoms with Crippen LogP contribution in [0.15, 0.2) is 48.7 Å². The standard InChI is InChI=1S/C28H31FN6O5S/c1-2-14-41(37,38)34-22-5-3-4-20(25(22)29)19-15-21-26(23(16-19)40-13-10-36)32-27(18-6-7-24(30)31-17-18)33-28(21)35-8-11-39-12-9-35/h3-7,15-17,34,36H,2,8-14H2,1H3,(H2,30,31). The lowest BCUT2D eigenvalue weighted by atomic mass is 10.0. The Morgan fingerprint density at radius 1 is 1.15 bits per heavy atom. The molecule has 5 rings (SSSR count). The summed E-state index contributed by atoms with van der Waals surface area (Å²) < 4.78 is 54.4. The number of nitrogens with zero attached hydrogens (tertiary/aromatic N) is 4.